The van der Waals surface area contributed by atoms with E-state index in [1.54, 1.807) is 0 Å². The van der Waals surface area contributed by atoms with Gasteiger partial charge < -0.3 is 9.64 Å². The van der Waals surface area contributed by atoms with Crippen molar-refractivity contribution in [3.8, 4) is 5.75 Å². The zero-order valence-corrected chi connectivity index (χ0v) is 14.8. The molecule has 1 spiro atoms. The van der Waals surface area contributed by atoms with Crippen molar-refractivity contribution in [1.82, 2.24) is 9.80 Å². The third-order valence-corrected chi connectivity index (χ3v) is 6.88. The maximum absolute atomic E-state index is 6.58. The summed E-state index contributed by atoms with van der Waals surface area (Å²) >= 11 is 0. The van der Waals surface area contributed by atoms with Gasteiger partial charge in [0.1, 0.15) is 11.4 Å². The molecule has 0 bridgehead atoms. The van der Waals surface area contributed by atoms with Crippen molar-refractivity contribution in [2.24, 2.45) is 0 Å². The molecule has 0 N–H and O–H groups in total. The smallest absolute Gasteiger partial charge is 0.123 e. The van der Waals surface area contributed by atoms with Crippen LogP contribution >= 0.6 is 0 Å². The van der Waals surface area contributed by atoms with Crippen LogP contribution in [0.5, 0.6) is 5.75 Å². The molecule has 3 heterocycles. The zero-order valence-electron chi connectivity index (χ0n) is 14.8. The minimum absolute atomic E-state index is 0.106. The monoisotopic (exact) mass is 326 g/mol. The Kier molecular flexibility index (Phi) is 3.82. The van der Waals surface area contributed by atoms with Crippen LogP contribution in [-0.4, -0.2) is 47.6 Å². The van der Waals surface area contributed by atoms with Crippen LogP contribution in [0.1, 0.15) is 56.1 Å². The fraction of sp³-hybridized carbons (Fsp3) is 0.714. The van der Waals surface area contributed by atoms with Gasteiger partial charge in [-0.15, -0.1) is 0 Å². The number of hydrogen-bond acceptors (Lipinski definition) is 3. The van der Waals surface area contributed by atoms with Crippen molar-refractivity contribution in [2.75, 3.05) is 26.2 Å². The van der Waals surface area contributed by atoms with Crippen molar-refractivity contribution in [3.05, 3.63) is 29.3 Å². The summed E-state index contributed by atoms with van der Waals surface area (Å²) in [5.41, 5.74) is 2.98. The Morgan fingerprint density at radius 3 is 2.50 bits per heavy atom. The number of fused-ring (bicyclic) bond motifs is 1. The first-order valence-corrected chi connectivity index (χ1v) is 10.1. The minimum atomic E-state index is 0.106. The molecule has 0 atom stereocenters. The Balaban J connectivity index is 1.24. The SMILES string of the molecule is c1cc2c(cc1CN1CCCC1)OC1(CCN(C3CCC3)CC1)C2. The lowest BCUT2D eigenvalue weighted by molar-refractivity contribution is -0.00750. The second kappa shape index (κ2) is 6.03. The molecular formula is C21H30N2O. The first-order valence-electron chi connectivity index (χ1n) is 10.1. The van der Waals surface area contributed by atoms with Gasteiger partial charge in [0.15, 0.2) is 0 Å². The van der Waals surface area contributed by atoms with Crippen LogP contribution in [0.25, 0.3) is 0 Å². The number of piperidine rings is 1. The van der Waals surface area contributed by atoms with E-state index in [-0.39, 0.29) is 5.60 Å². The highest BCUT2D eigenvalue weighted by atomic mass is 16.5. The fourth-order valence-electron chi connectivity index (χ4n) is 5.08. The number of hydrogen-bond donors (Lipinski definition) is 0. The maximum atomic E-state index is 6.58. The van der Waals surface area contributed by atoms with Crippen molar-refractivity contribution >= 4 is 0 Å². The molecule has 3 aliphatic heterocycles. The molecular weight excluding hydrogens is 296 g/mol. The molecule has 0 unspecified atom stereocenters. The zero-order chi connectivity index (χ0) is 16.0. The van der Waals surface area contributed by atoms with E-state index in [1.807, 2.05) is 0 Å². The minimum Gasteiger partial charge on any atom is -0.487 e. The molecule has 0 amide bonds. The second-order valence-electron chi connectivity index (χ2n) is 8.51. The molecule has 24 heavy (non-hydrogen) atoms. The highest BCUT2D eigenvalue weighted by Gasteiger charge is 2.43. The van der Waals surface area contributed by atoms with Gasteiger partial charge in [-0.1, -0.05) is 18.6 Å². The van der Waals surface area contributed by atoms with Crippen LogP contribution < -0.4 is 4.74 Å². The van der Waals surface area contributed by atoms with Crippen molar-refractivity contribution in [1.29, 1.82) is 0 Å². The van der Waals surface area contributed by atoms with Crippen LogP contribution in [0.4, 0.5) is 0 Å². The van der Waals surface area contributed by atoms with Gasteiger partial charge in [0, 0.05) is 44.9 Å². The molecule has 5 rings (SSSR count). The predicted octanol–water partition coefficient (Wildman–Crippen LogP) is 3.60. The third kappa shape index (κ3) is 2.76. The summed E-state index contributed by atoms with van der Waals surface area (Å²) in [6, 6.07) is 7.90. The molecule has 130 valence electrons. The van der Waals surface area contributed by atoms with E-state index in [0.717, 1.165) is 19.0 Å². The number of nitrogens with zero attached hydrogens (tertiary/aromatic N) is 2. The molecule has 1 saturated carbocycles. The van der Waals surface area contributed by atoms with E-state index in [4.69, 9.17) is 4.74 Å². The van der Waals surface area contributed by atoms with Gasteiger partial charge >= 0.3 is 0 Å². The van der Waals surface area contributed by atoms with Gasteiger partial charge in [0.2, 0.25) is 0 Å². The van der Waals surface area contributed by atoms with E-state index >= 15 is 0 Å². The van der Waals surface area contributed by atoms with Crippen LogP contribution in [0.15, 0.2) is 18.2 Å². The summed E-state index contributed by atoms with van der Waals surface area (Å²) in [6.45, 7) is 6.09. The Hall–Kier alpha value is -1.06. The molecule has 2 saturated heterocycles. The van der Waals surface area contributed by atoms with Crippen LogP contribution in [-0.2, 0) is 13.0 Å². The number of ether oxygens (including phenoxy) is 1. The molecule has 3 nitrogen and oxygen atoms in total. The molecule has 4 aliphatic rings. The highest BCUT2D eigenvalue weighted by molar-refractivity contribution is 5.42. The highest BCUT2D eigenvalue weighted by Crippen LogP contribution is 2.42. The quantitative estimate of drug-likeness (QED) is 0.844. The average molecular weight is 326 g/mol. The Labute approximate surface area is 146 Å². The average Bonchev–Trinajstić information content (AvgIpc) is 3.15. The standard InChI is InChI=1S/C21H30N2O/c1-2-11-22(10-1)16-17-6-7-18-15-21(24-20(18)14-17)8-12-23(13-9-21)19-4-3-5-19/h6-7,14,19H,1-5,8-13,15-16H2. The molecule has 1 aromatic rings. The largest absolute Gasteiger partial charge is 0.487 e. The van der Waals surface area contributed by atoms with Gasteiger partial charge in [-0.3, -0.25) is 4.90 Å². The summed E-state index contributed by atoms with van der Waals surface area (Å²) in [5, 5.41) is 0. The molecule has 3 heteroatoms. The lowest BCUT2D eigenvalue weighted by Crippen LogP contribution is -2.52. The van der Waals surface area contributed by atoms with Gasteiger partial charge in [-0.25, -0.2) is 0 Å². The lowest BCUT2D eigenvalue weighted by Gasteiger charge is -2.45. The molecule has 1 aliphatic carbocycles. The summed E-state index contributed by atoms with van der Waals surface area (Å²) in [4.78, 5) is 5.30. The first kappa shape index (κ1) is 15.2. The first-order chi connectivity index (χ1) is 11.8. The Bertz CT molecular complexity index is 596. The molecule has 0 aromatic heterocycles. The fourth-order valence-corrected chi connectivity index (χ4v) is 5.08. The van der Waals surface area contributed by atoms with Gasteiger partial charge in [-0.2, -0.15) is 0 Å². The second-order valence-corrected chi connectivity index (χ2v) is 8.51. The summed E-state index contributed by atoms with van der Waals surface area (Å²) in [7, 11) is 0. The Morgan fingerprint density at radius 2 is 1.79 bits per heavy atom. The van der Waals surface area contributed by atoms with Crippen molar-refractivity contribution in [3.63, 3.8) is 0 Å². The van der Waals surface area contributed by atoms with E-state index in [0.29, 0.717) is 0 Å². The molecule has 0 radical (unpaired) electrons. The van der Waals surface area contributed by atoms with Gasteiger partial charge in [0.05, 0.1) is 0 Å². The van der Waals surface area contributed by atoms with Crippen LogP contribution in [0.3, 0.4) is 0 Å². The van der Waals surface area contributed by atoms with Crippen molar-refractivity contribution < 1.29 is 4.74 Å². The predicted molar refractivity (Wildman–Crippen MR) is 96.5 cm³/mol. The van der Waals surface area contributed by atoms with Crippen LogP contribution in [0.2, 0.25) is 0 Å². The van der Waals surface area contributed by atoms with Crippen LogP contribution in [0, 0.1) is 0 Å². The third-order valence-electron chi connectivity index (χ3n) is 6.88. The molecule has 3 fully saturated rings. The number of benzene rings is 1. The Morgan fingerprint density at radius 1 is 1.00 bits per heavy atom. The number of rotatable bonds is 3. The van der Waals surface area contributed by atoms with Gasteiger partial charge in [0.25, 0.3) is 0 Å². The normalized spacial score (nSPS) is 27.2. The number of likely N-dealkylation sites (tertiary alicyclic amines) is 2. The summed E-state index contributed by atoms with van der Waals surface area (Å²) < 4.78 is 6.58. The van der Waals surface area contributed by atoms with E-state index in [1.165, 1.54) is 88.0 Å². The summed E-state index contributed by atoms with van der Waals surface area (Å²) in [5.74, 6) is 1.18. The van der Waals surface area contributed by atoms with Crippen molar-refractivity contribution in [2.45, 2.75) is 69.6 Å². The summed E-state index contributed by atoms with van der Waals surface area (Å²) in [6.07, 6.45) is 10.6. The molecule has 1 aromatic carbocycles. The lowest BCUT2D eigenvalue weighted by atomic mass is 9.84. The van der Waals surface area contributed by atoms with E-state index < -0.39 is 0 Å². The van der Waals surface area contributed by atoms with Gasteiger partial charge in [-0.05, 0) is 56.0 Å². The maximum Gasteiger partial charge on any atom is 0.123 e. The topological polar surface area (TPSA) is 15.7 Å². The van der Waals surface area contributed by atoms with E-state index in [2.05, 4.69) is 28.0 Å². The van der Waals surface area contributed by atoms with E-state index in [9.17, 15) is 0 Å².